The molecule has 3 aromatic rings. The summed E-state index contributed by atoms with van der Waals surface area (Å²) in [5.41, 5.74) is 7.92. The van der Waals surface area contributed by atoms with Crippen LogP contribution in [0.5, 0.6) is 28.7 Å². The number of carbonyl (C=O) groups excluding carboxylic acids is 1. The van der Waals surface area contributed by atoms with Gasteiger partial charge in [-0.3, -0.25) is 0 Å². The van der Waals surface area contributed by atoms with Crippen LogP contribution in [0.4, 0.5) is 0 Å². The standard InChI is InChI=1S/C27H24N2O6/c1-3-32-18-8-6-7-17(13-18)26-20-12-11-19(14-24(20)35-27(29)21(26)15-28)34-25(30)16-33-23-10-5-4-9-22(23)31-2/h4-14,26H,3,16,29H2,1-2H3. The Balaban J connectivity index is 1.55. The third-order valence-corrected chi connectivity index (χ3v) is 5.34. The van der Waals surface area contributed by atoms with Crippen molar-refractivity contribution >= 4 is 5.97 Å². The van der Waals surface area contributed by atoms with Crippen molar-refractivity contribution in [1.29, 1.82) is 5.26 Å². The summed E-state index contributed by atoms with van der Waals surface area (Å²) in [6, 6.07) is 21.6. The molecule has 8 heteroatoms. The molecule has 178 valence electrons. The molecule has 0 spiro atoms. The van der Waals surface area contributed by atoms with Gasteiger partial charge in [0.25, 0.3) is 0 Å². The van der Waals surface area contributed by atoms with E-state index in [2.05, 4.69) is 6.07 Å². The van der Waals surface area contributed by atoms with E-state index in [4.69, 9.17) is 29.4 Å². The SMILES string of the molecule is CCOc1cccc(C2C(C#N)=C(N)Oc3cc(OC(=O)COc4ccccc4OC)ccc32)c1. The quantitative estimate of drug-likeness (QED) is 0.381. The number of nitrogens with two attached hydrogens (primary N) is 1. The average Bonchev–Trinajstić information content (AvgIpc) is 2.87. The summed E-state index contributed by atoms with van der Waals surface area (Å²) in [5, 5.41) is 9.76. The lowest BCUT2D eigenvalue weighted by atomic mass is 9.83. The minimum Gasteiger partial charge on any atom is -0.494 e. The molecule has 1 aliphatic rings. The Bertz CT molecular complexity index is 1310. The number of hydrogen-bond donors (Lipinski definition) is 1. The maximum atomic E-state index is 12.4. The normalized spacial score (nSPS) is 14.3. The first-order chi connectivity index (χ1) is 17.0. The van der Waals surface area contributed by atoms with Gasteiger partial charge in [-0.25, -0.2) is 4.79 Å². The van der Waals surface area contributed by atoms with Crippen LogP contribution >= 0.6 is 0 Å². The van der Waals surface area contributed by atoms with Gasteiger partial charge in [-0.05, 0) is 42.8 Å². The number of allylic oxidation sites excluding steroid dienone is 1. The highest BCUT2D eigenvalue weighted by atomic mass is 16.6. The minimum atomic E-state index is -0.603. The lowest BCUT2D eigenvalue weighted by Crippen LogP contribution is -2.21. The molecule has 2 N–H and O–H groups in total. The molecule has 0 saturated heterocycles. The van der Waals surface area contributed by atoms with Crippen LogP contribution in [0.1, 0.15) is 24.0 Å². The van der Waals surface area contributed by atoms with Crippen molar-refractivity contribution in [1.82, 2.24) is 0 Å². The molecule has 1 aliphatic heterocycles. The zero-order valence-electron chi connectivity index (χ0n) is 19.3. The molecule has 8 nitrogen and oxygen atoms in total. The second-order valence-corrected chi connectivity index (χ2v) is 7.54. The van der Waals surface area contributed by atoms with E-state index in [1.54, 1.807) is 42.5 Å². The zero-order chi connectivity index (χ0) is 24.8. The Labute approximate surface area is 203 Å². The third kappa shape index (κ3) is 5.14. The number of carbonyl (C=O) groups is 1. The zero-order valence-corrected chi connectivity index (χ0v) is 19.3. The third-order valence-electron chi connectivity index (χ3n) is 5.34. The van der Waals surface area contributed by atoms with Gasteiger partial charge in [-0.2, -0.15) is 5.26 Å². The maximum Gasteiger partial charge on any atom is 0.349 e. The topological polar surface area (TPSA) is 113 Å². The van der Waals surface area contributed by atoms with Gasteiger partial charge in [-0.15, -0.1) is 0 Å². The Morgan fingerprint density at radius 1 is 1.03 bits per heavy atom. The number of nitrogens with zero attached hydrogens (tertiary/aromatic N) is 1. The van der Waals surface area contributed by atoms with Crippen molar-refractivity contribution in [2.45, 2.75) is 12.8 Å². The first-order valence-corrected chi connectivity index (χ1v) is 10.9. The molecule has 0 fully saturated rings. The molecule has 1 unspecified atom stereocenters. The summed E-state index contributed by atoms with van der Waals surface area (Å²) in [5.74, 6) is 1.22. The van der Waals surface area contributed by atoms with Crippen LogP contribution in [-0.2, 0) is 4.79 Å². The summed E-state index contributed by atoms with van der Waals surface area (Å²) < 4.78 is 27.5. The van der Waals surface area contributed by atoms with E-state index in [0.29, 0.717) is 35.2 Å². The molecular weight excluding hydrogens is 448 g/mol. The fourth-order valence-electron chi connectivity index (χ4n) is 3.83. The number of benzene rings is 3. The van der Waals surface area contributed by atoms with Crippen LogP contribution < -0.4 is 29.4 Å². The van der Waals surface area contributed by atoms with Crippen LogP contribution in [0.2, 0.25) is 0 Å². The van der Waals surface area contributed by atoms with Crippen molar-refractivity contribution in [3.05, 3.63) is 89.3 Å². The highest BCUT2D eigenvalue weighted by Crippen LogP contribution is 2.44. The van der Waals surface area contributed by atoms with Crippen molar-refractivity contribution < 1.29 is 28.5 Å². The smallest absolute Gasteiger partial charge is 0.349 e. The lowest BCUT2D eigenvalue weighted by Gasteiger charge is -2.27. The molecule has 0 aliphatic carbocycles. The van der Waals surface area contributed by atoms with E-state index in [-0.39, 0.29) is 18.2 Å². The summed E-state index contributed by atoms with van der Waals surface area (Å²) in [6.45, 7) is 2.11. The van der Waals surface area contributed by atoms with Gasteiger partial charge in [0.2, 0.25) is 5.88 Å². The van der Waals surface area contributed by atoms with E-state index in [1.807, 2.05) is 31.2 Å². The average molecular weight is 472 g/mol. The monoisotopic (exact) mass is 472 g/mol. The fraction of sp³-hybridized carbons (Fsp3) is 0.185. The van der Waals surface area contributed by atoms with Gasteiger partial charge in [0.1, 0.15) is 28.9 Å². The van der Waals surface area contributed by atoms with Gasteiger partial charge >= 0.3 is 5.97 Å². The van der Waals surface area contributed by atoms with Crippen LogP contribution in [0.3, 0.4) is 0 Å². The van der Waals surface area contributed by atoms with Crippen LogP contribution in [0.25, 0.3) is 0 Å². The lowest BCUT2D eigenvalue weighted by molar-refractivity contribution is -0.136. The number of ether oxygens (including phenoxy) is 5. The van der Waals surface area contributed by atoms with Gasteiger partial charge in [0, 0.05) is 11.6 Å². The van der Waals surface area contributed by atoms with Crippen LogP contribution in [0, 0.1) is 11.3 Å². The molecule has 3 aromatic carbocycles. The molecule has 1 atom stereocenters. The Kier molecular flexibility index (Phi) is 7.07. The van der Waals surface area contributed by atoms with E-state index >= 15 is 0 Å². The van der Waals surface area contributed by atoms with Crippen LogP contribution in [-0.4, -0.2) is 26.3 Å². The highest BCUT2D eigenvalue weighted by molar-refractivity contribution is 5.74. The number of methoxy groups -OCH3 is 1. The van der Waals surface area contributed by atoms with Crippen molar-refractivity contribution in [3.8, 4) is 34.8 Å². The number of para-hydroxylation sites is 2. The number of rotatable bonds is 8. The molecule has 0 saturated carbocycles. The minimum absolute atomic E-state index is 0.00482. The highest BCUT2D eigenvalue weighted by Gasteiger charge is 2.31. The molecule has 35 heavy (non-hydrogen) atoms. The molecule has 0 amide bonds. The summed E-state index contributed by atoms with van der Waals surface area (Å²) in [7, 11) is 1.52. The van der Waals surface area contributed by atoms with Crippen molar-refractivity contribution in [2.24, 2.45) is 5.73 Å². The Morgan fingerprint density at radius 2 is 1.83 bits per heavy atom. The fourth-order valence-corrected chi connectivity index (χ4v) is 3.83. The molecule has 0 bridgehead atoms. The predicted octanol–water partition coefficient (Wildman–Crippen LogP) is 4.30. The number of fused-ring (bicyclic) bond motifs is 1. The van der Waals surface area contributed by atoms with E-state index < -0.39 is 11.9 Å². The summed E-state index contributed by atoms with van der Waals surface area (Å²) in [4.78, 5) is 12.4. The second kappa shape index (κ2) is 10.5. The first-order valence-electron chi connectivity index (χ1n) is 10.9. The second-order valence-electron chi connectivity index (χ2n) is 7.54. The maximum absolute atomic E-state index is 12.4. The van der Waals surface area contributed by atoms with Gasteiger partial charge in [0.05, 0.1) is 19.6 Å². The van der Waals surface area contributed by atoms with E-state index in [0.717, 1.165) is 11.1 Å². The molecule has 4 rings (SSSR count). The largest absolute Gasteiger partial charge is 0.494 e. The van der Waals surface area contributed by atoms with Crippen LogP contribution in [0.15, 0.2) is 78.2 Å². The molecular formula is C27H24N2O6. The van der Waals surface area contributed by atoms with E-state index in [9.17, 15) is 10.1 Å². The number of esters is 1. The first kappa shape index (κ1) is 23.5. The predicted molar refractivity (Wildman–Crippen MR) is 127 cm³/mol. The Hall–Kier alpha value is -4.64. The summed E-state index contributed by atoms with van der Waals surface area (Å²) >= 11 is 0. The summed E-state index contributed by atoms with van der Waals surface area (Å²) in [6.07, 6.45) is 0. The molecule has 1 heterocycles. The van der Waals surface area contributed by atoms with Crippen molar-refractivity contribution in [2.75, 3.05) is 20.3 Å². The molecule has 0 radical (unpaired) electrons. The number of hydrogen-bond acceptors (Lipinski definition) is 8. The Morgan fingerprint density at radius 3 is 2.57 bits per heavy atom. The molecule has 0 aromatic heterocycles. The number of nitriles is 1. The van der Waals surface area contributed by atoms with Gasteiger partial charge in [-0.1, -0.05) is 30.3 Å². The van der Waals surface area contributed by atoms with Crippen molar-refractivity contribution in [3.63, 3.8) is 0 Å². The van der Waals surface area contributed by atoms with Gasteiger partial charge < -0.3 is 29.4 Å². The van der Waals surface area contributed by atoms with E-state index in [1.165, 1.54) is 7.11 Å². The van der Waals surface area contributed by atoms with Gasteiger partial charge in [0.15, 0.2) is 18.1 Å².